The van der Waals surface area contributed by atoms with Gasteiger partial charge in [-0.1, -0.05) is 12.1 Å². The van der Waals surface area contributed by atoms with E-state index in [-0.39, 0.29) is 28.7 Å². The van der Waals surface area contributed by atoms with E-state index in [0.29, 0.717) is 6.04 Å². The minimum absolute atomic E-state index is 0. The molecule has 0 amide bonds. The SMILES string of the molecule is CN=C(NCC(c1ccc(OC)cc1)N1CCCC1)NCC(C)(C)SC.I. The highest BCUT2D eigenvalue weighted by Crippen LogP contribution is 2.26. The van der Waals surface area contributed by atoms with Crippen LogP contribution in [-0.4, -0.2) is 62.2 Å². The van der Waals surface area contributed by atoms with E-state index in [1.54, 1.807) is 7.11 Å². The van der Waals surface area contributed by atoms with Crippen molar-refractivity contribution < 1.29 is 4.74 Å². The maximum absolute atomic E-state index is 5.30. The molecular formula is C20H35IN4OS. The first-order chi connectivity index (χ1) is 12.5. The highest BCUT2D eigenvalue weighted by molar-refractivity contribution is 14.0. The number of ether oxygens (including phenoxy) is 1. The molecule has 1 atom stereocenters. The predicted octanol–water partition coefficient (Wildman–Crippen LogP) is 3.76. The number of likely N-dealkylation sites (tertiary alicyclic amines) is 1. The first-order valence-electron chi connectivity index (χ1n) is 9.37. The van der Waals surface area contributed by atoms with Crippen LogP contribution >= 0.6 is 35.7 Å². The Hall–Kier alpha value is -0.670. The van der Waals surface area contributed by atoms with Gasteiger partial charge in [-0.3, -0.25) is 9.89 Å². The Balaban J connectivity index is 0.00000364. The number of guanidine groups is 1. The van der Waals surface area contributed by atoms with E-state index in [9.17, 15) is 0 Å². The standard InChI is InChI=1S/C20H34N4OS.HI/c1-20(2,26-5)15-23-19(21-3)22-14-18(24-12-6-7-13-24)16-8-10-17(25-4)11-9-16;/h8-11,18H,6-7,12-15H2,1-5H3,(H2,21,22,23);1H. The molecular weight excluding hydrogens is 471 g/mol. The summed E-state index contributed by atoms with van der Waals surface area (Å²) in [5, 5.41) is 6.98. The number of nitrogens with one attached hydrogen (secondary N) is 2. The van der Waals surface area contributed by atoms with Crippen LogP contribution in [0.5, 0.6) is 5.75 Å². The largest absolute Gasteiger partial charge is 0.497 e. The molecule has 0 saturated carbocycles. The van der Waals surface area contributed by atoms with Gasteiger partial charge in [0.05, 0.1) is 13.2 Å². The lowest BCUT2D eigenvalue weighted by Crippen LogP contribution is -2.46. The number of methoxy groups -OCH3 is 1. The highest BCUT2D eigenvalue weighted by Gasteiger charge is 2.24. The molecule has 0 bridgehead atoms. The van der Waals surface area contributed by atoms with Crippen LogP contribution in [0.25, 0.3) is 0 Å². The van der Waals surface area contributed by atoms with Gasteiger partial charge in [0, 0.05) is 24.9 Å². The van der Waals surface area contributed by atoms with E-state index < -0.39 is 0 Å². The van der Waals surface area contributed by atoms with Crippen molar-refractivity contribution in [3.63, 3.8) is 0 Å². The second kappa shape index (κ2) is 12.0. The topological polar surface area (TPSA) is 48.9 Å². The maximum Gasteiger partial charge on any atom is 0.191 e. The summed E-state index contributed by atoms with van der Waals surface area (Å²) in [4.78, 5) is 6.96. The summed E-state index contributed by atoms with van der Waals surface area (Å²) >= 11 is 1.86. The van der Waals surface area contributed by atoms with Gasteiger partial charge >= 0.3 is 0 Å². The average molecular weight is 506 g/mol. The molecule has 5 nitrogen and oxygen atoms in total. The zero-order valence-electron chi connectivity index (χ0n) is 17.2. The summed E-state index contributed by atoms with van der Waals surface area (Å²) in [6, 6.07) is 8.79. The molecule has 1 unspecified atom stereocenters. The lowest BCUT2D eigenvalue weighted by atomic mass is 10.1. The van der Waals surface area contributed by atoms with Crippen LogP contribution in [0.4, 0.5) is 0 Å². The van der Waals surface area contributed by atoms with Crippen LogP contribution in [0, 0.1) is 0 Å². The summed E-state index contributed by atoms with van der Waals surface area (Å²) in [5.41, 5.74) is 1.32. The number of rotatable bonds is 8. The molecule has 0 aliphatic carbocycles. The monoisotopic (exact) mass is 506 g/mol. The van der Waals surface area contributed by atoms with Gasteiger partial charge in [-0.15, -0.1) is 24.0 Å². The molecule has 1 saturated heterocycles. The molecule has 27 heavy (non-hydrogen) atoms. The Morgan fingerprint density at radius 2 is 1.85 bits per heavy atom. The van der Waals surface area contributed by atoms with Crippen LogP contribution in [0.15, 0.2) is 29.3 Å². The molecule has 0 spiro atoms. The molecule has 0 radical (unpaired) electrons. The number of aliphatic imine (C=N–C) groups is 1. The average Bonchev–Trinajstić information content (AvgIpc) is 3.19. The van der Waals surface area contributed by atoms with Crippen molar-refractivity contribution in [3.05, 3.63) is 29.8 Å². The smallest absolute Gasteiger partial charge is 0.191 e. The van der Waals surface area contributed by atoms with Crippen molar-refractivity contribution in [2.24, 2.45) is 4.99 Å². The Labute approximate surface area is 186 Å². The molecule has 1 aliphatic rings. The molecule has 1 aliphatic heterocycles. The van der Waals surface area contributed by atoms with E-state index in [4.69, 9.17) is 4.74 Å². The number of hydrogen-bond donors (Lipinski definition) is 2. The number of hydrogen-bond acceptors (Lipinski definition) is 4. The third kappa shape index (κ3) is 7.69. The first-order valence-corrected chi connectivity index (χ1v) is 10.6. The predicted molar refractivity (Wildman–Crippen MR) is 129 cm³/mol. The third-order valence-corrected chi connectivity index (χ3v) is 6.25. The van der Waals surface area contributed by atoms with Gasteiger partial charge in [-0.05, 0) is 63.7 Å². The van der Waals surface area contributed by atoms with Gasteiger partial charge in [0.15, 0.2) is 5.96 Å². The number of halogens is 1. The number of benzene rings is 1. The lowest BCUT2D eigenvalue weighted by molar-refractivity contribution is 0.245. The molecule has 0 aromatic heterocycles. The number of nitrogens with zero attached hydrogens (tertiary/aromatic N) is 2. The molecule has 1 fully saturated rings. The van der Waals surface area contributed by atoms with Gasteiger partial charge in [0.1, 0.15) is 5.75 Å². The van der Waals surface area contributed by atoms with Crippen LogP contribution < -0.4 is 15.4 Å². The Bertz CT molecular complexity index is 574. The molecule has 1 aromatic rings. The second-order valence-corrected chi connectivity index (χ2v) is 8.82. The third-order valence-electron chi connectivity index (χ3n) is 5.00. The van der Waals surface area contributed by atoms with Crippen molar-refractivity contribution >= 4 is 41.7 Å². The zero-order valence-corrected chi connectivity index (χ0v) is 20.4. The fraction of sp³-hybridized carbons (Fsp3) is 0.650. The summed E-state index contributed by atoms with van der Waals surface area (Å²) in [6.07, 6.45) is 4.70. The van der Waals surface area contributed by atoms with E-state index in [1.165, 1.54) is 18.4 Å². The summed E-state index contributed by atoms with van der Waals surface area (Å²) < 4.78 is 5.49. The summed E-state index contributed by atoms with van der Waals surface area (Å²) in [6.45, 7) is 8.51. The van der Waals surface area contributed by atoms with Crippen molar-refractivity contribution in [2.75, 3.05) is 46.6 Å². The molecule has 1 heterocycles. The highest BCUT2D eigenvalue weighted by atomic mass is 127. The fourth-order valence-corrected chi connectivity index (χ4v) is 3.34. The van der Waals surface area contributed by atoms with Crippen molar-refractivity contribution in [1.29, 1.82) is 0 Å². The van der Waals surface area contributed by atoms with E-state index in [1.807, 2.05) is 30.9 Å². The zero-order chi connectivity index (χ0) is 19.0. The van der Waals surface area contributed by atoms with E-state index in [0.717, 1.165) is 37.9 Å². The van der Waals surface area contributed by atoms with Crippen molar-refractivity contribution in [3.8, 4) is 5.75 Å². The van der Waals surface area contributed by atoms with E-state index >= 15 is 0 Å². The van der Waals surface area contributed by atoms with Gasteiger partial charge in [-0.2, -0.15) is 11.8 Å². The molecule has 154 valence electrons. The minimum atomic E-state index is 0. The normalized spacial score (nSPS) is 16.6. The fourth-order valence-electron chi connectivity index (χ4n) is 3.12. The van der Waals surface area contributed by atoms with Crippen molar-refractivity contribution in [1.82, 2.24) is 15.5 Å². The molecule has 2 rings (SSSR count). The Morgan fingerprint density at radius 1 is 1.22 bits per heavy atom. The second-order valence-electron chi connectivity index (χ2n) is 7.30. The molecule has 2 N–H and O–H groups in total. The van der Waals surface area contributed by atoms with Gasteiger partial charge in [0.25, 0.3) is 0 Å². The first kappa shape index (κ1) is 24.4. The summed E-state index contributed by atoms with van der Waals surface area (Å²) in [7, 11) is 3.54. The van der Waals surface area contributed by atoms with E-state index in [2.05, 4.69) is 52.8 Å². The minimum Gasteiger partial charge on any atom is -0.497 e. The van der Waals surface area contributed by atoms with Gasteiger partial charge in [0.2, 0.25) is 0 Å². The Kier molecular flexibility index (Phi) is 10.8. The van der Waals surface area contributed by atoms with Crippen molar-refractivity contribution in [2.45, 2.75) is 37.5 Å². The quantitative estimate of drug-likeness (QED) is 0.320. The van der Waals surface area contributed by atoms with Gasteiger partial charge < -0.3 is 15.4 Å². The van der Waals surface area contributed by atoms with Crippen LogP contribution in [0.2, 0.25) is 0 Å². The lowest BCUT2D eigenvalue weighted by Gasteiger charge is -2.30. The Morgan fingerprint density at radius 3 is 2.37 bits per heavy atom. The molecule has 7 heteroatoms. The summed E-state index contributed by atoms with van der Waals surface area (Å²) in [5.74, 6) is 1.77. The number of thioether (sulfide) groups is 1. The van der Waals surface area contributed by atoms with Gasteiger partial charge in [-0.25, -0.2) is 0 Å². The maximum atomic E-state index is 5.30. The van der Waals surface area contributed by atoms with Crippen LogP contribution in [0.1, 0.15) is 38.3 Å². The van der Waals surface area contributed by atoms with Crippen LogP contribution in [-0.2, 0) is 0 Å². The molecule has 1 aromatic carbocycles. The van der Waals surface area contributed by atoms with Crippen LogP contribution in [0.3, 0.4) is 0 Å².